The summed E-state index contributed by atoms with van der Waals surface area (Å²) in [6.45, 7) is 0.645. The van der Waals surface area contributed by atoms with Gasteiger partial charge in [-0.05, 0) is 18.9 Å². The predicted molar refractivity (Wildman–Crippen MR) is 65.5 cm³/mol. The highest BCUT2D eigenvalue weighted by atomic mass is 16.1. The second-order valence-electron chi connectivity index (χ2n) is 4.52. The Morgan fingerprint density at radius 1 is 1.41 bits per heavy atom. The fraction of sp³-hybridized carbons (Fsp3) is 0.385. The van der Waals surface area contributed by atoms with E-state index in [1.54, 1.807) is 0 Å². The maximum absolute atomic E-state index is 11.6. The van der Waals surface area contributed by atoms with Crippen LogP contribution in [0.1, 0.15) is 19.3 Å². The molecule has 88 valence electrons. The molecule has 0 aliphatic heterocycles. The van der Waals surface area contributed by atoms with Gasteiger partial charge < -0.3 is 5.32 Å². The summed E-state index contributed by atoms with van der Waals surface area (Å²) in [5.41, 5.74) is 1.09. The largest absolute Gasteiger partial charge is 0.353 e. The molecule has 1 amide bonds. The van der Waals surface area contributed by atoms with Crippen LogP contribution < -0.4 is 5.32 Å². The summed E-state index contributed by atoms with van der Waals surface area (Å²) >= 11 is 0. The predicted octanol–water partition coefficient (Wildman–Crippen LogP) is 1.70. The summed E-state index contributed by atoms with van der Waals surface area (Å²) < 4.78 is 1.89. The molecule has 3 rings (SSSR count). The smallest absolute Gasteiger partial charge is 0.222 e. The lowest BCUT2D eigenvalue weighted by molar-refractivity contribution is -0.121. The third kappa shape index (κ3) is 2.30. The van der Waals surface area contributed by atoms with Crippen LogP contribution in [0.15, 0.2) is 30.5 Å². The molecule has 1 aliphatic rings. The monoisotopic (exact) mass is 229 g/mol. The number of hydrogen-bond donors (Lipinski definition) is 1. The van der Waals surface area contributed by atoms with Gasteiger partial charge in [0.1, 0.15) is 0 Å². The average Bonchev–Trinajstić information content (AvgIpc) is 3.06. The van der Waals surface area contributed by atoms with Crippen molar-refractivity contribution in [2.24, 2.45) is 0 Å². The van der Waals surface area contributed by atoms with Crippen LogP contribution in [0.2, 0.25) is 0 Å². The number of carbonyl (C=O) groups excluding carboxylic acids is 1. The Labute approximate surface area is 99.6 Å². The van der Waals surface area contributed by atoms with Crippen LogP contribution in [0.4, 0.5) is 0 Å². The van der Waals surface area contributed by atoms with E-state index in [2.05, 4.69) is 10.4 Å². The van der Waals surface area contributed by atoms with Gasteiger partial charge in [-0.25, -0.2) is 0 Å². The van der Waals surface area contributed by atoms with Gasteiger partial charge in [-0.1, -0.05) is 18.2 Å². The van der Waals surface area contributed by atoms with Crippen molar-refractivity contribution in [1.29, 1.82) is 0 Å². The summed E-state index contributed by atoms with van der Waals surface area (Å²) in [6, 6.07) is 8.49. The van der Waals surface area contributed by atoms with Crippen molar-refractivity contribution in [3.8, 4) is 0 Å². The van der Waals surface area contributed by atoms with E-state index in [1.165, 1.54) is 0 Å². The summed E-state index contributed by atoms with van der Waals surface area (Å²) in [5.74, 6) is 0.132. The van der Waals surface area contributed by atoms with Gasteiger partial charge in [0.25, 0.3) is 0 Å². The third-order valence-corrected chi connectivity index (χ3v) is 3.04. The normalized spacial score (nSPS) is 15.1. The number of hydrogen-bond acceptors (Lipinski definition) is 2. The van der Waals surface area contributed by atoms with Gasteiger partial charge in [0, 0.05) is 17.8 Å². The van der Waals surface area contributed by atoms with E-state index < -0.39 is 0 Å². The molecule has 2 aromatic rings. The van der Waals surface area contributed by atoms with Gasteiger partial charge in [-0.15, -0.1) is 0 Å². The Morgan fingerprint density at radius 2 is 2.24 bits per heavy atom. The molecule has 0 saturated heterocycles. The molecule has 4 heteroatoms. The average molecular weight is 229 g/mol. The van der Waals surface area contributed by atoms with E-state index in [4.69, 9.17) is 0 Å². The number of para-hydroxylation sites is 1. The summed E-state index contributed by atoms with van der Waals surface area (Å²) in [7, 11) is 0. The van der Waals surface area contributed by atoms with E-state index in [0.717, 1.165) is 23.7 Å². The highest BCUT2D eigenvalue weighted by molar-refractivity contribution is 5.79. The highest BCUT2D eigenvalue weighted by Crippen LogP contribution is 2.18. The summed E-state index contributed by atoms with van der Waals surface area (Å²) in [4.78, 5) is 11.6. The van der Waals surface area contributed by atoms with Crippen molar-refractivity contribution in [1.82, 2.24) is 15.1 Å². The fourth-order valence-corrected chi connectivity index (χ4v) is 1.94. The summed E-state index contributed by atoms with van der Waals surface area (Å²) in [6.07, 6.45) is 4.61. The first-order valence-corrected chi connectivity index (χ1v) is 6.03. The van der Waals surface area contributed by atoms with Gasteiger partial charge in [-0.2, -0.15) is 5.10 Å². The molecule has 4 nitrogen and oxygen atoms in total. The van der Waals surface area contributed by atoms with Gasteiger partial charge >= 0.3 is 0 Å². The molecule has 0 bridgehead atoms. The minimum absolute atomic E-state index is 0.132. The first kappa shape index (κ1) is 10.3. The number of rotatable bonds is 4. The molecule has 1 aromatic heterocycles. The van der Waals surface area contributed by atoms with Crippen LogP contribution in [0.3, 0.4) is 0 Å². The number of amides is 1. The van der Waals surface area contributed by atoms with Crippen LogP contribution in [0, 0.1) is 0 Å². The summed E-state index contributed by atoms with van der Waals surface area (Å²) in [5, 5.41) is 8.40. The quantitative estimate of drug-likeness (QED) is 0.867. The number of benzene rings is 1. The number of aryl methyl sites for hydroxylation is 1. The third-order valence-electron chi connectivity index (χ3n) is 3.04. The first-order valence-electron chi connectivity index (χ1n) is 6.03. The molecule has 0 spiro atoms. The van der Waals surface area contributed by atoms with Crippen molar-refractivity contribution in [2.75, 3.05) is 0 Å². The van der Waals surface area contributed by atoms with E-state index >= 15 is 0 Å². The number of fused-ring (bicyclic) bond motifs is 1. The number of nitrogens with zero attached hydrogens (tertiary/aromatic N) is 2. The van der Waals surface area contributed by atoms with Crippen molar-refractivity contribution < 1.29 is 4.79 Å². The molecule has 0 atom stereocenters. The van der Waals surface area contributed by atoms with Crippen LogP contribution in [-0.2, 0) is 11.3 Å². The molecule has 1 heterocycles. The van der Waals surface area contributed by atoms with Crippen molar-refractivity contribution in [3.05, 3.63) is 30.5 Å². The lowest BCUT2D eigenvalue weighted by atomic mass is 10.2. The Bertz CT molecular complexity index is 542. The molecule has 1 aromatic carbocycles. The second-order valence-corrected chi connectivity index (χ2v) is 4.52. The zero-order chi connectivity index (χ0) is 11.7. The molecule has 1 N–H and O–H groups in total. The molecule has 0 unspecified atom stereocenters. The van der Waals surface area contributed by atoms with Gasteiger partial charge in [0.2, 0.25) is 5.91 Å². The lowest BCUT2D eigenvalue weighted by Crippen LogP contribution is -2.26. The van der Waals surface area contributed by atoms with Gasteiger partial charge in [-0.3, -0.25) is 9.48 Å². The maximum atomic E-state index is 11.6. The Balaban J connectivity index is 1.65. The Kier molecular flexibility index (Phi) is 2.55. The molecule has 17 heavy (non-hydrogen) atoms. The van der Waals surface area contributed by atoms with Crippen LogP contribution in [0.5, 0.6) is 0 Å². The molecular weight excluding hydrogens is 214 g/mol. The molecular formula is C13H15N3O. The SMILES string of the molecule is O=C(CCn1ncc2ccccc21)NC1CC1. The maximum Gasteiger partial charge on any atom is 0.222 e. The zero-order valence-electron chi connectivity index (χ0n) is 9.60. The van der Waals surface area contributed by atoms with E-state index in [-0.39, 0.29) is 5.91 Å². The van der Waals surface area contributed by atoms with E-state index in [1.807, 2.05) is 35.1 Å². The fourth-order valence-electron chi connectivity index (χ4n) is 1.94. The highest BCUT2D eigenvalue weighted by Gasteiger charge is 2.22. The molecule has 1 aliphatic carbocycles. The molecule has 1 saturated carbocycles. The first-order chi connectivity index (χ1) is 8.33. The standard InChI is InChI=1S/C13H15N3O/c17-13(15-11-5-6-11)7-8-16-12-4-2-1-3-10(12)9-14-16/h1-4,9,11H,5-8H2,(H,15,17). The Hall–Kier alpha value is -1.84. The van der Waals surface area contributed by atoms with Crippen molar-refractivity contribution in [3.63, 3.8) is 0 Å². The molecule has 0 radical (unpaired) electrons. The Morgan fingerprint density at radius 3 is 3.06 bits per heavy atom. The number of carbonyl (C=O) groups is 1. The zero-order valence-corrected chi connectivity index (χ0v) is 9.60. The minimum Gasteiger partial charge on any atom is -0.353 e. The van der Waals surface area contributed by atoms with E-state index in [9.17, 15) is 4.79 Å². The van der Waals surface area contributed by atoms with Crippen molar-refractivity contribution >= 4 is 16.8 Å². The second kappa shape index (κ2) is 4.20. The van der Waals surface area contributed by atoms with Crippen LogP contribution in [-0.4, -0.2) is 21.7 Å². The number of nitrogens with one attached hydrogen (secondary N) is 1. The van der Waals surface area contributed by atoms with Crippen LogP contribution >= 0.6 is 0 Å². The molecule has 1 fully saturated rings. The number of aromatic nitrogens is 2. The van der Waals surface area contributed by atoms with Crippen LogP contribution in [0.25, 0.3) is 10.9 Å². The van der Waals surface area contributed by atoms with Gasteiger partial charge in [0.15, 0.2) is 0 Å². The van der Waals surface area contributed by atoms with Gasteiger partial charge in [0.05, 0.1) is 18.3 Å². The van der Waals surface area contributed by atoms with Crippen molar-refractivity contribution in [2.45, 2.75) is 31.8 Å². The lowest BCUT2D eigenvalue weighted by Gasteiger charge is -2.04. The topological polar surface area (TPSA) is 46.9 Å². The van der Waals surface area contributed by atoms with E-state index in [0.29, 0.717) is 19.0 Å². The minimum atomic E-state index is 0.132.